The van der Waals surface area contributed by atoms with E-state index in [1.165, 1.54) is 0 Å². The highest BCUT2D eigenvalue weighted by Gasteiger charge is 2.15. The van der Waals surface area contributed by atoms with E-state index in [4.69, 9.17) is 4.74 Å². The third-order valence-electron chi connectivity index (χ3n) is 2.08. The second-order valence-corrected chi connectivity index (χ2v) is 3.01. The van der Waals surface area contributed by atoms with Crippen LogP contribution in [0.5, 0.6) is 0 Å². The lowest BCUT2D eigenvalue weighted by Gasteiger charge is -2.26. The molecule has 2 aliphatic rings. The average molecular weight is 177 g/mol. The van der Waals surface area contributed by atoms with E-state index in [1.54, 1.807) is 12.3 Å². The standard InChI is InChI=1S/C10H11NO2/c12-10-3-4-11-5-7-13-6-1-2-9(11)8-10/h1-4,6H,5,7-8H2/b6-1+,9-2-. The van der Waals surface area contributed by atoms with Crippen LogP contribution in [0, 0.1) is 0 Å². The topological polar surface area (TPSA) is 29.5 Å². The zero-order chi connectivity index (χ0) is 9.10. The van der Waals surface area contributed by atoms with Gasteiger partial charge in [-0.25, -0.2) is 0 Å². The molecule has 0 aromatic rings. The molecule has 0 amide bonds. The van der Waals surface area contributed by atoms with E-state index < -0.39 is 0 Å². The number of hydrogen-bond donors (Lipinski definition) is 0. The van der Waals surface area contributed by atoms with Crippen LogP contribution >= 0.6 is 0 Å². The molecule has 0 bridgehead atoms. The van der Waals surface area contributed by atoms with E-state index in [1.807, 2.05) is 23.3 Å². The highest BCUT2D eigenvalue weighted by molar-refractivity contribution is 5.92. The van der Waals surface area contributed by atoms with E-state index in [0.29, 0.717) is 13.0 Å². The van der Waals surface area contributed by atoms with Crippen LogP contribution < -0.4 is 0 Å². The Kier molecular flexibility index (Phi) is 2.17. The molecule has 0 spiro atoms. The summed E-state index contributed by atoms with van der Waals surface area (Å²) < 4.78 is 5.16. The number of fused-ring (bicyclic) bond motifs is 1. The van der Waals surface area contributed by atoms with Gasteiger partial charge in [-0.2, -0.15) is 0 Å². The maximum Gasteiger partial charge on any atom is 0.163 e. The normalized spacial score (nSPS) is 27.8. The number of carbonyl (C=O) groups is 1. The van der Waals surface area contributed by atoms with E-state index in [0.717, 1.165) is 12.2 Å². The van der Waals surface area contributed by atoms with E-state index in [-0.39, 0.29) is 5.78 Å². The quantitative estimate of drug-likeness (QED) is 0.557. The van der Waals surface area contributed by atoms with Gasteiger partial charge < -0.3 is 9.64 Å². The van der Waals surface area contributed by atoms with Crippen molar-refractivity contribution in [1.82, 2.24) is 4.90 Å². The first-order valence-electron chi connectivity index (χ1n) is 4.31. The molecule has 3 heteroatoms. The smallest absolute Gasteiger partial charge is 0.163 e. The highest BCUT2D eigenvalue weighted by atomic mass is 16.5. The van der Waals surface area contributed by atoms with Gasteiger partial charge in [0.05, 0.1) is 19.2 Å². The average Bonchev–Trinajstić information content (AvgIpc) is 2.08. The Balaban J connectivity index is 2.25. The van der Waals surface area contributed by atoms with Crippen molar-refractivity contribution >= 4 is 5.78 Å². The number of nitrogens with zero attached hydrogens (tertiary/aromatic N) is 1. The molecule has 0 fully saturated rings. The van der Waals surface area contributed by atoms with Crippen molar-refractivity contribution in [2.45, 2.75) is 6.42 Å². The summed E-state index contributed by atoms with van der Waals surface area (Å²) in [6.45, 7) is 1.46. The van der Waals surface area contributed by atoms with Crippen molar-refractivity contribution in [2.24, 2.45) is 0 Å². The largest absolute Gasteiger partial charge is 0.499 e. The molecule has 0 radical (unpaired) electrons. The fraction of sp³-hybridized carbons (Fsp3) is 0.300. The van der Waals surface area contributed by atoms with Gasteiger partial charge in [-0.1, -0.05) is 0 Å². The van der Waals surface area contributed by atoms with Gasteiger partial charge in [-0.3, -0.25) is 4.79 Å². The minimum absolute atomic E-state index is 0.164. The summed E-state index contributed by atoms with van der Waals surface area (Å²) in [5.74, 6) is 0.164. The Hall–Kier alpha value is -1.51. The van der Waals surface area contributed by atoms with Gasteiger partial charge in [-0.05, 0) is 18.2 Å². The van der Waals surface area contributed by atoms with Gasteiger partial charge in [0, 0.05) is 11.9 Å². The number of rotatable bonds is 0. The molecule has 0 aromatic heterocycles. The van der Waals surface area contributed by atoms with Crippen molar-refractivity contribution < 1.29 is 9.53 Å². The maximum absolute atomic E-state index is 11.1. The summed E-state index contributed by atoms with van der Waals surface area (Å²) >= 11 is 0. The van der Waals surface area contributed by atoms with Crippen LogP contribution in [0.1, 0.15) is 6.42 Å². The Morgan fingerprint density at radius 3 is 3.31 bits per heavy atom. The lowest BCUT2D eigenvalue weighted by Crippen LogP contribution is -2.26. The number of ketones is 1. The molecule has 2 heterocycles. The van der Waals surface area contributed by atoms with Crippen molar-refractivity contribution in [3.8, 4) is 0 Å². The van der Waals surface area contributed by atoms with Crippen LogP contribution in [0.25, 0.3) is 0 Å². The second kappa shape index (κ2) is 3.47. The summed E-state index contributed by atoms with van der Waals surface area (Å²) in [6.07, 6.45) is 9.34. The minimum atomic E-state index is 0.164. The fourth-order valence-corrected chi connectivity index (χ4v) is 1.41. The van der Waals surface area contributed by atoms with Crippen molar-refractivity contribution in [3.05, 3.63) is 36.4 Å². The third-order valence-corrected chi connectivity index (χ3v) is 2.08. The first-order chi connectivity index (χ1) is 6.36. The van der Waals surface area contributed by atoms with Crippen LogP contribution in [0.15, 0.2) is 36.4 Å². The minimum Gasteiger partial charge on any atom is -0.499 e. The van der Waals surface area contributed by atoms with Crippen LogP contribution in [-0.4, -0.2) is 23.8 Å². The molecule has 0 N–H and O–H groups in total. The lowest BCUT2D eigenvalue weighted by atomic mass is 10.1. The van der Waals surface area contributed by atoms with E-state index in [2.05, 4.69) is 0 Å². The monoisotopic (exact) mass is 177 g/mol. The molecule has 2 rings (SSSR count). The SMILES string of the molecule is O=C1C=CN2CCO/C=C/C=C\2C1. The molecule has 3 nitrogen and oxygen atoms in total. The molecule has 0 saturated carbocycles. The van der Waals surface area contributed by atoms with Gasteiger partial charge in [0.15, 0.2) is 5.78 Å². The van der Waals surface area contributed by atoms with Crippen molar-refractivity contribution in [1.29, 1.82) is 0 Å². The zero-order valence-corrected chi connectivity index (χ0v) is 7.27. The fourth-order valence-electron chi connectivity index (χ4n) is 1.41. The van der Waals surface area contributed by atoms with Gasteiger partial charge in [-0.15, -0.1) is 0 Å². The van der Waals surface area contributed by atoms with Crippen molar-refractivity contribution in [3.63, 3.8) is 0 Å². The summed E-state index contributed by atoms with van der Waals surface area (Å²) in [5, 5.41) is 0. The second-order valence-electron chi connectivity index (χ2n) is 3.01. The van der Waals surface area contributed by atoms with E-state index >= 15 is 0 Å². The molecular formula is C10H11NO2. The van der Waals surface area contributed by atoms with Gasteiger partial charge in [0.1, 0.15) is 6.61 Å². The predicted molar refractivity (Wildman–Crippen MR) is 48.6 cm³/mol. The number of allylic oxidation sites excluding steroid dienone is 4. The molecule has 0 saturated heterocycles. The molecule has 2 aliphatic heterocycles. The summed E-state index contributed by atoms with van der Waals surface area (Å²) in [5.41, 5.74) is 1.05. The summed E-state index contributed by atoms with van der Waals surface area (Å²) in [6, 6.07) is 0. The van der Waals surface area contributed by atoms with Crippen LogP contribution in [0.4, 0.5) is 0 Å². The van der Waals surface area contributed by atoms with Crippen molar-refractivity contribution in [2.75, 3.05) is 13.2 Å². The first kappa shape index (κ1) is 8.10. The lowest BCUT2D eigenvalue weighted by molar-refractivity contribution is -0.114. The number of carbonyl (C=O) groups excluding carboxylic acids is 1. The number of hydrogen-bond acceptors (Lipinski definition) is 3. The van der Waals surface area contributed by atoms with Crippen LogP contribution in [0.3, 0.4) is 0 Å². The Labute approximate surface area is 77.0 Å². The Morgan fingerprint density at radius 1 is 1.46 bits per heavy atom. The molecule has 13 heavy (non-hydrogen) atoms. The molecular weight excluding hydrogens is 166 g/mol. The highest BCUT2D eigenvalue weighted by Crippen LogP contribution is 2.16. The zero-order valence-electron chi connectivity index (χ0n) is 7.27. The predicted octanol–water partition coefficient (Wildman–Crippen LogP) is 1.20. The summed E-state index contributed by atoms with van der Waals surface area (Å²) in [7, 11) is 0. The van der Waals surface area contributed by atoms with Gasteiger partial charge >= 0.3 is 0 Å². The molecule has 0 aliphatic carbocycles. The molecule has 0 unspecified atom stereocenters. The van der Waals surface area contributed by atoms with Gasteiger partial charge in [0.2, 0.25) is 0 Å². The Bertz CT molecular complexity index is 302. The molecule has 0 atom stereocenters. The third kappa shape index (κ3) is 1.80. The molecule has 68 valence electrons. The summed E-state index contributed by atoms with van der Waals surface area (Å²) in [4.78, 5) is 13.2. The van der Waals surface area contributed by atoms with Gasteiger partial charge in [0.25, 0.3) is 0 Å². The maximum atomic E-state index is 11.1. The van der Waals surface area contributed by atoms with Crippen LogP contribution in [0.2, 0.25) is 0 Å². The Morgan fingerprint density at radius 2 is 2.38 bits per heavy atom. The molecule has 0 aromatic carbocycles. The van der Waals surface area contributed by atoms with E-state index in [9.17, 15) is 4.79 Å². The first-order valence-corrected chi connectivity index (χ1v) is 4.31. The number of ether oxygens (including phenoxy) is 1. The van der Waals surface area contributed by atoms with Crippen LogP contribution in [-0.2, 0) is 9.53 Å².